The van der Waals surface area contributed by atoms with Gasteiger partial charge >= 0.3 is 0 Å². The van der Waals surface area contributed by atoms with E-state index in [1.807, 2.05) is 0 Å². The summed E-state index contributed by atoms with van der Waals surface area (Å²) in [4.78, 5) is 0. The van der Waals surface area contributed by atoms with Crippen LogP contribution in [0.4, 0.5) is 0 Å². The molecule has 0 fully saturated rings. The Morgan fingerprint density at radius 1 is 0.289 bits per heavy atom. The van der Waals surface area contributed by atoms with Crippen molar-refractivity contribution in [1.29, 1.82) is 0 Å². The summed E-state index contributed by atoms with van der Waals surface area (Å²) >= 11 is 0. The number of hydrogen-bond acceptors (Lipinski definition) is 0. The lowest BCUT2D eigenvalue weighted by atomic mass is 9.79. The lowest BCUT2D eigenvalue weighted by Crippen LogP contribution is -2.17. The highest BCUT2D eigenvalue weighted by Crippen LogP contribution is 2.34. The summed E-state index contributed by atoms with van der Waals surface area (Å²) in [5.41, 5.74) is 26.6. The molecular formula is C83H130. The van der Waals surface area contributed by atoms with E-state index in [4.69, 9.17) is 0 Å². The maximum atomic E-state index is 2.39. The second-order valence-electron chi connectivity index (χ2n) is 33.8. The highest BCUT2D eigenvalue weighted by molar-refractivity contribution is 5.41. The van der Waals surface area contributed by atoms with E-state index in [1.165, 1.54) is 101 Å². The van der Waals surface area contributed by atoms with Crippen molar-refractivity contribution in [2.45, 2.75) is 299 Å². The summed E-state index contributed by atoms with van der Waals surface area (Å²) in [6.07, 6.45) is 2.33. The molecule has 462 valence electrons. The lowest BCUT2D eigenvalue weighted by Gasteiger charge is -2.26. The van der Waals surface area contributed by atoms with Crippen molar-refractivity contribution >= 4 is 0 Å². The van der Waals surface area contributed by atoms with Crippen LogP contribution >= 0.6 is 0 Å². The fourth-order valence-electron chi connectivity index (χ4n) is 10.9. The molecule has 0 amide bonds. The molecule has 0 nitrogen and oxygen atoms in total. The quantitative estimate of drug-likeness (QED) is 0.165. The molecule has 0 spiro atoms. The third-order valence-electron chi connectivity index (χ3n) is 15.4. The zero-order valence-electron chi connectivity index (χ0n) is 61.0. The molecular weight excluding hydrogens is 997 g/mol. The average Bonchev–Trinajstić information content (AvgIpc) is 3.54. The van der Waals surface area contributed by atoms with Gasteiger partial charge in [-0.25, -0.2) is 0 Å². The Kier molecular flexibility index (Phi) is 28.1. The minimum atomic E-state index is 0.241. The van der Waals surface area contributed by atoms with Gasteiger partial charge in [0.1, 0.15) is 0 Å². The average molecular weight is 1130 g/mol. The molecule has 0 saturated heterocycles. The van der Waals surface area contributed by atoms with Gasteiger partial charge in [0.2, 0.25) is 0 Å². The van der Waals surface area contributed by atoms with E-state index >= 15 is 0 Å². The summed E-state index contributed by atoms with van der Waals surface area (Å²) in [7, 11) is 0. The van der Waals surface area contributed by atoms with Crippen molar-refractivity contribution in [2.75, 3.05) is 0 Å². The molecule has 6 rings (SSSR count). The molecule has 83 heavy (non-hydrogen) atoms. The van der Waals surface area contributed by atoms with E-state index in [0.29, 0.717) is 11.3 Å². The standard InChI is InChI=1S/C16H26.2C15H24.C14H22.C12H18.C11H16/c1-12-8-9-13(11-15(2,3)4)10-14(12)16(5,6)7;1-11-8-9-12(14(2,3)4)10-13(11)15(5,6)7;1-11(2)9-13-8-7-12(3)14(10-13)15(4,5)6;1-10(2)12-8-7-11(3)13(9-12)14(4,5)6;1-9-6-7-10(2)11(8-9)12(3,4)5;1-9-7-5-6-8-10(9)11(2,3)4/h8-10H,11H2,1-7H3;8-10H,1-7H3;7-8,10-11H,9H2,1-6H3;7-10H,1-6H3;6-8H,1-5H3;5-8H,1-4H3. The zero-order chi connectivity index (χ0) is 64.8. The first-order valence-corrected chi connectivity index (χ1v) is 31.8. The van der Waals surface area contributed by atoms with Gasteiger partial charge in [0.25, 0.3) is 0 Å². The molecule has 0 bridgehead atoms. The van der Waals surface area contributed by atoms with E-state index in [1.54, 1.807) is 0 Å². The normalized spacial score (nSPS) is 12.3. The van der Waals surface area contributed by atoms with Gasteiger partial charge in [-0.15, -0.1) is 0 Å². The van der Waals surface area contributed by atoms with E-state index in [0.717, 1.165) is 12.3 Å². The Bertz CT molecular complexity index is 2900. The highest BCUT2D eigenvalue weighted by atomic mass is 14.3. The van der Waals surface area contributed by atoms with Crippen LogP contribution in [0.5, 0.6) is 0 Å². The summed E-state index contributed by atoms with van der Waals surface area (Å²) in [6.45, 7) is 79.0. The number of hydrogen-bond donors (Lipinski definition) is 0. The van der Waals surface area contributed by atoms with E-state index in [9.17, 15) is 0 Å². The van der Waals surface area contributed by atoms with Crippen LogP contribution in [0, 0.1) is 59.8 Å². The highest BCUT2D eigenvalue weighted by Gasteiger charge is 2.23. The monoisotopic (exact) mass is 1130 g/mol. The Morgan fingerprint density at radius 2 is 0.614 bits per heavy atom. The van der Waals surface area contributed by atoms with Crippen LogP contribution in [0.2, 0.25) is 0 Å². The number of aryl methyl sites for hydroxylation is 7. The SMILES string of the molecule is Cc1ccc(C(C)(C)C)cc1C(C)(C)C.Cc1ccc(C(C)C)cc1C(C)(C)C.Cc1ccc(C)c(C(C)(C)C)c1.Cc1ccc(CC(C)(C)C)cc1C(C)(C)C.Cc1ccc(CC(C)C)cc1C(C)(C)C.Cc1ccccc1C(C)(C)C. The van der Waals surface area contributed by atoms with Crippen LogP contribution < -0.4 is 0 Å². The van der Waals surface area contributed by atoms with Crippen molar-refractivity contribution in [3.8, 4) is 0 Å². The van der Waals surface area contributed by atoms with Gasteiger partial charge < -0.3 is 0 Å². The van der Waals surface area contributed by atoms with Gasteiger partial charge in [-0.05, 0) is 205 Å². The summed E-state index contributed by atoms with van der Waals surface area (Å²) in [6, 6.07) is 42.8. The van der Waals surface area contributed by atoms with Crippen LogP contribution in [0.3, 0.4) is 0 Å². The largest absolute Gasteiger partial charge is 0.0625 e. The first kappa shape index (κ1) is 76.3. The zero-order valence-corrected chi connectivity index (χ0v) is 61.0. The maximum absolute atomic E-state index is 2.39. The van der Waals surface area contributed by atoms with E-state index < -0.39 is 0 Å². The van der Waals surface area contributed by atoms with Crippen molar-refractivity contribution in [1.82, 2.24) is 0 Å². The fourth-order valence-corrected chi connectivity index (χ4v) is 10.9. The smallest absolute Gasteiger partial charge is 0.0129 e. The molecule has 0 heteroatoms. The van der Waals surface area contributed by atoms with E-state index in [-0.39, 0.29) is 37.9 Å². The second kappa shape index (κ2) is 30.6. The third kappa shape index (κ3) is 27.5. The van der Waals surface area contributed by atoms with Gasteiger partial charge in [0.05, 0.1) is 0 Å². The second-order valence-corrected chi connectivity index (χ2v) is 33.8. The molecule has 0 unspecified atom stereocenters. The van der Waals surface area contributed by atoms with Crippen molar-refractivity contribution in [3.63, 3.8) is 0 Å². The van der Waals surface area contributed by atoms with Gasteiger partial charge in [0.15, 0.2) is 0 Å². The first-order valence-electron chi connectivity index (χ1n) is 31.8. The van der Waals surface area contributed by atoms with Crippen LogP contribution in [0.25, 0.3) is 0 Å². The fraction of sp³-hybridized carbons (Fsp3) is 0.566. The Balaban J connectivity index is 0.000000500. The number of benzene rings is 6. The van der Waals surface area contributed by atoms with Crippen molar-refractivity contribution in [3.05, 3.63) is 210 Å². The van der Waals surface area contributed by atoms with Gasteiger partial charge in [-0.3, -0.25) is 0 Å². The predicted molar refractivity (Wildman–Crippen MR) is 379 cm³/mol. The minimum Gasteiger partial charge on any atom is -0.0625 e. The lowest BCUT2D eigenvalue weighted by molar-refractivity contribution is 0.410. The van der Waals surface area contributed by atoms with E-state index in [2.05, 4.69) is 358 Å². The predicted octanol–water partition coefficient (Wildman–Crippen LogP) is 25.3. The summed E-state index contributed by atoms with van der Waals surface area (Å²) in [5.74, 6) is 1.36. The Hall–Kier alpha value is -4.68. The third-order valence-corrected chi connectivity index (χ3v) is 15.4. The maximum Gasteiger partial charge on any atom is -0.0129 e. The number of rotatable bonds is 4. The van der Waals surface area contributed by atoms with Gasteiger partial charge in [0, 0.05) is 0 Å². The van der Waals surface area contributed by atoms with Crippen molar-refractivity contribution < 1.29 is 0 Å². The molecule has 0 N–H and O–H groups in total. The molecule has 0 aliphatic carbocycles. The molecule has 6 aromatic rings. The molecule has 0 atom stereocenters. The van der Waals surface area contributed by atoms with Crippen molar-refractivity contribution in [2.24, 2.45) is 11.3 Å². The molecule has 6 aromatic carbocycles. The summed E-state index contributed by atoms with van der Waals surface area (Å²) in [5, 5.41) is 0. The minimum absolute atomic E-state index is 0.241. The van der Waals surface area contributed by atoms with Crippen LogP contribution in [0.1, 0.15) is 294 Å². The van der Waals surface area contributed by atoms with Crippen LogP contribution in [0.15, 0.2) is 115 Å². The molecule has 0 heterocycles. The molecule has 0 saturated carbocycles. The Morgan fingerprint density at radius 3 is 0.964 bits per heavy atom. The molecule has 0 aliphatic rings. The summed E-state index contributed by atoms with van der Waals surface area (Å²) < 4.78 is 0. The molecule has 0 aromatic heterocycles. The van der Waals surface area contributed by atoms with Crippen LogP contribution in [-0.4, -0.2) is 0 Å². The van der Waals surface area contributed by atoms with Crippen LogP contribution in [-0.2, 0) is 50.7 Å². The molecule has 0 aliphatic heterocycles. The molecule has 0 radical (unpaired) electrons. The van der Waals surface area contributed by atoms with Gasteiger partial charge in [-0.1, -0.05) is 315 Å². The topological polar surface area (TPSA) is 0 Å². The Labute approximate surface area is 517 Å². The van der Waals surface area contributed by atoms with Gasteiger partial charge in [-0.2, -0.15) is 0 Å². The first-order chi connectivity index (χ1) is 37.3.